The summed E-state index contributed by atoms with van der Waals surface area (Å²) < 4.78 is 40.9. The first-order valence-electron chi connectivity index (χ1n) is 11.3. The van der Waals surface area contributed by atoms with Crippen molar-refractivity contribution in [3.05, 3.63) is 111 Å². The van der Waals surface area contributed by atoms with Gasteiger partial charge in [-0.1, -0.05) is 48.0 Å². The molecule has 0 saturated carbocycles. The summed E-state index contributed by atoms with van der Waals surface area (Å²) in [4.78, 5) is 11.2. The van der Waals surface area contributed by atoms with Gasteiger partial charge >= 0.3 is 5.97 Å². The Morgan fingerprint density at radius 3 is 2.47 bits per heavy atom. The summed E-state index contributed by atoms with van der Waals surface area (Å²) in [5.74, 6) is -2.29. The maximum absolute atomic E-state index is 14.6. The Labute approximate surface area is 221 Å². The van der Waals surface area contributed by atoms with Crippen LogP contribution in [0, 0.1) is 17.6 Å². The van der Waals surface area contributed by atoms with E-state index in [2.05, 4.69) is 22.5 Å². The van der Waals surface area contributed by atoms with Crippen molar-refractivity contribution in [2.24, 2.45) is 5.92 Å². The molecule has 1 heterocycles. The smallest absolute Gasteiger partial charge is 0.341 e. The highest BCUT2D eigenvalue weighted by atomic mass is 79.9. The number of ether oxygens (including phenoxy) is 2. The number of carboxylic acids is 1. The van der Waals surface area contributed by atoms with Crippen LogP contribution in [-0.2, 0) is 9.53 Å². The van der Waals surface area contributed by atoms with E-state index in [-0.39, 0.29) is 27.9 Å². The van der Waals surface area contributed by atoms with Gasteiger partial charge in [0.1, 0.15) is 17.4 Å². The van der Waals surface area contributed by atoms with Gasteiger partial charge in [0.05, 0.1) is 16.7 Å². The molecule has 1 N–H and O–H groups in total. The van der Waals surface area contributed by atoms with Gasteiger partial charge in [0.25, 0.3) is 0 Å². The minimum Gasteiger partial charge on any atom is -0.480 e. The molecule has 0 bridgehead atoms. The van der Waals surface area contributed by atoms with E-state index >= 15 is 0 Å². The monoisotopic (exact) mass is 576 g/mol. The van der Waals surface area contributed by atoms with Crippen molar-refractivity contribution < 1.29 is 28.2 Å². The van der Waals surface area contributed by atoms with Crippen molar-refractivity contribution in [1.82, 2.24) is 0 Å². The van der Waals surface area contributed by atoms with Crippen LogP contribution in [0.25, 0.3) is 0 Å². The zero-order valence-electron chi connectivity index (χ0n) is 19.4. The molecule has 0 radical (unpaired) electrons. The second-order valence-electron chi connectivity index (χ2n) is 8.87. The zero-order valence-corrected chi connectivity index (χ0v) is 21.7. The number of hydrogen-bond acceptors (Lipinski definition) is 3. The topological polar surface area (TPSA) is 55.8 Å². The summed E-state index contributed by atoms with van der Waals surface area (Å²) in [7, 11) is 0. The van der Waals surface area contributed by atoms with Gasteiger partial charge in [-0.25, -0.2) is 13.6 Å². The summed E-state index contributed by atoms with van der Waals surface area (Å²) in [6.45, 7) is 5.43. The molecule has 0 spiro atoms. The van der Waals surface area contributed by atoms with Gasteiger partial charge in [-0.05, 0) is 76.8 Å². The van der Waals surface area contributed by atoms with Crippen LogP contribution in [-0.4, -0.2) is 17.7 Å². The molecule has 0 amide bonds. The second kappa shape index (κ2) is 11.1. The molecule has 4 rings (SSSR count). The Balaban J connectivity index is 1.84. The molecule has 1 aliphatic heterocycles. The minimum atomic E-state index is -1.16. The maximum Gasteiger partial charge on any atom is 0.341 e. The van der Waals surface area contributed by atoms with Crippen molar-refractivity contribution >= 4 is 33.5 Å². The zero-order chi connectivity index (χ0) is 26.0. The van der Waals surface area contributed by atoms with E-state index < -0.39 is 30.6 Å². The molecule has 0 aliphatic carbocycles. The Kier molecular flexibility index (Phi) is 8.13. The number of halogens is 4. The lowest BCUT2D eigenvalue weighted by Gasteiger charge is -2.43. The average Bonchev–Trinajstić information content (AvgIpc) is 2.82. The highest BCUT2D eigenvalue weighted by molar-refractivity contribution is 9.10. The first kappa shape index (κ1) is 26.3. The van der Waals surface area contributed by atoms with Crippen molar-refractivity contribution in [3.63, 3.8) is 0 Å². The molecule has 3 aromatic carbocycles. The van der Waals surface area contributed by atoms with Gasteiger partial charge in [0, 0.05) is 22.4 Å². The van der Waals surface area contributed by atoms with E-state index in [1.165, 1.54) is 24.3 Å². The van der Waals surface area contributed by atoms with Crippen molar-refractivity contribution in [2.45, 2.75) is 31.5 Å². The van der Waals surface area contributed by atoms with E-state index in [1.807, 2.05) is 25.1 Å². The van der Waals surface area contributed by atoms with Crippen LogP contribution in [0.1, 0.15) is 48.2 Å². The quantitative estimate of drug-likeness (QED) is 0.289. The molecular weight excluding hydrogens is 554 g/mol. The maximum atomic E-state index is 14.6. The molecule has 3 aromatic rings. The van der Waals surface area contributed by atoms with E-state index in [1.54, 1.807) is 18.2 Å². The number of carbonyl (C=O) groups is 1. The predicted octanol–water partition coefficient (Wildman–Crippen LogP) is 8.02. The molecular formula is C28H24BrClF2O4. The first-order valence-corrected chi connectivity index (χ1v) is 12.5. The van der Waals surface area contributed by atoms with Crippen LogP contribution in [0.4, 0.5) is 8.78 Å². The number of rotatable bonds is 7. The molecule has 4 atom stereocenters. The summed E-state index contributed by atoms with van der Waals surface area (Å²) in [5, 5.41) is 9.74. The summed E-state index contributed by atoms with van der Waals surface area (Å²) >= 11 is 9.60. The molecule has 0 unspecified atom stereocenters. The van der Waals surface area contributed by atoms with Crippen LogP contribution in [0.15, 0.2) is 77.3 Å². The molecule has 8 heteroatoms. The fourth-order valence-corrected chi connectivity index (χ4v) is 5.47. The Bertz CT molecular complexity index is 1280. The fourth-order valence-electron chi connectivity index (χ4n) is 4.71. The van der Waals surface area contributed by atoms with Gasteiger partial charge in [0.15, 0.2) is 6.61 Å². The Morgan fingerprint density at radius 2 is 1.83 bits per heavy atom. The molecule has 4 nitrogen and oxygen atoms in total. The summed E-state index contributed by atoms with van der Waals surface area (Å²) in [6.07, 6.45) is -0.655. The number of hydrogen-bond donors (Lipinski definition) is 1. The lowest BCUT2D eigenvalue weighted by atomic mass is 9.74. The van der Waals surface area contributed by atoms with Crippen LogP contribution in [0.2, 0.25) is 5.02 Å². The minimum absolute atomic E-state index is 0.160. The van der Waals surface area contributed by atoms with Crippen LogP contribution >= 0.6 is 27.5 Å². The molecule has 188 valence electrons. The van der Waals surface area contributed by atoms with Gasteiger partial charge in [-0.15, -0.1) is 0 Å². The summed E-state index contributed by atoms with van der Waals surface area (Å²) in [5.41, 5.74) is 2.88. The molecule has 1 saturated heterocycles. The van der Waals surface area contributed by atoms with Crippen LogP contribution < -0.4 is 4.74 Å². The Hall–Kier alpha value is -2.74. The van der Waals surface area contributed by atoms with E-state index in [0.29, 0.717) is 17.0 Å². The first-order chi connectivity index (χ1) is 17.1. The number of benzene rings is 3. The van der Waals surface area contributed by atoms with E-state index in [0.717, 1.165) is 16.7 Å². The predicted molar refractivity (Wildman–Crippen MR) is 137 cm³/mol. The summed E-state index contributed by atoms with van der Waals surface area (Å²) in [6, 6.07) is 16.1. The average molecular weight is 578 g/mol. The third-order valence-corrected chi connectivity index (χ3v) is 7.15. The van der Waals surface area contributed by atoms with E-state index in [4.69, 9.17) is 26.2 Å². The molecule has 1 fully saturated rings. The van der Waals surface area contributed by atoms with Crippen molar-refractivity contribution in [1.29, 1.82) is 0 Å². The normalized spacial score (nSPS) is 21.7. The van der Waals surface area contributed by atoms with Crippen LogP contribution in [0.3, 0.4) is 0 Å². The van der Waals surface area contributed by atoms with Crippen LogP contribution in [0.5, 0.6) is 5.75 Å². The van der Waals surface area contributed by atoms with Gasteiger partial charge in [-0.2, -0.15) is 0 Å². The Morgan fingerprint density at radius 1 is 1.11 bits per heavy atom. The van der Waals surface area contributed by atoms with Gasteiger partial charge in [0.2, 0.25) is 0 Å². The van der Waals surface area contributed by atoms with Gasteiger partial charge < -0.3 is 14.6 Å². The SMILES string of the molecule is C=C(C)[C@H]1C[C@H](c2cccc(Cl)c2)[C@H](c2ccc(F)cc2)O[C@@H]1c1cc(F)cc(Br)c1OCC(=O)O. The third-order valence-electron chi connectivity index (χ3n) is 6.32. The van der Waals surface area contributed by atoms with Crippen molar-refractivity contribution in [2.75, 3.05) is 6.61 Å². The van der Waals surface area contributed by atoms with Gasteiger partial charge in [-0.3, -0.25) is 0 Å². The standard InChI is InChI=1S/C28H24BrClF2O4/c1-15(2)21-13-22(17-4-3-5-18(30)10-17)26(16-6-8-19(31)9-7-16)36-27(21)23-11-20(32)12-24(29)28(23)35-14-25(33)34/h3-12,21-22,26-27H,1,13-14H2,2H3,(H,33,34)/t21-,22-,26+,27+/m1/s1. The number of carboxylic acid groups (broad SMARTS) is 1. The third kappa shape index (κ3) is 5.80. The lowest BCUT2D eigenvalue weighted by Crippen LogP contribution is -2.32. The van der Waals surface area contributed by atoms with E-state index in [9.17, 15) is 13.6 Å². The number of aliphatic carboxylic acids is 1. The lowest BCUT2D eigenvalue weighted by molar-refractivity contribution is -0.139. The second-order valence-corrected chi connectivity index (χ2v) is 10.2. The largest absolute Gasteiger partial charge is 0.480 e. The molecule has 1 aliphatic rings. The highest BCUT2D eigenvalue weighted by Crippen LogP contribution is 2.54. The fraction of sp³-hybridized carbons (Fsp3) is 0.250. The van der Waals surface area contributed by atoms with Crippen molar-refractivity contribution in [3.8, 4) is 5.75 Å². The highest BCUT2D eigenvalue weighted by Gasteiger charge is 2.42. The molecule has 0 aromatic heterocycles. The molecule has 36 heavy (non-hydrogen) atoms.